The van der Waals surface area contributed by atoms with E-state index in [-0.39, 0.29) is 71.6 Å². The normalized spacial score (nSPS) is 0. The van der Waals surface area contributed by atoms with Crippen LogP contribution >= 0.6 is 0 Å². The van der Waals surface area contributed by atoms with Crippen molar-refractivity contribution in [2.45, 2.75) is 0 Å². The van der Waals surface area contributed by atoms with Gasteiger partial charge >= 0.3 is 18.9 Å². The van der Waals surface area contributed by atoms with Crippen molar-refractivity contribution in [2.24, 2.45) is 0 Å². The third-order valence-corrected chi connectivity index (χ3v) is 0. The quantitative estimate of drug-likeness (QED) is 0.380. The van der Waals surface area contributed by atoms with E-state index in [2.05, 4.69) is 0 Å². The van der Waals surface area contributed by atoms with Gasteiger partial charge in [0.15, 0.2) is 0 Å². The van der Waals surface area contributed by atoms with E-state index < -0.39 is 0 Å². The van der Waals surface area contributed by atoms with E-state index in [0.717, 1.165) is 0 Å². The van der Waals surface area contributed by atoms with Gasteiger partial charge in [-0.3, -0.25) is 0 Å². The van der Waals surface area contributed by atoms with Gasteiger partial charge in [-0.2, -0.15) is 0 Å². The maximum atomic E-state index is 0. The van der Waals surface area contributed by atoms with Crippen LogP contribution in [0.5, 0.6) is 0 Å². The van der Waals surface area contributed by atoms with Crippen LogP contribution in [-0.4, -0.2) is 29.8 Å². The van der Waals surface area contributed by atoms with Crippen LogP contribution in [0.25, 0.3) is 0 Å². The van der Waals surface area contributed by atoms with Crippen LogP contribution in [0, 0.1) is 41.7 Å². The molecule has 0 amide bonds. The third kappa shape index (κ3) is 9.09. The molecule has 0 spiro atoms. The molecule has 0 saturated heterocycles. The summed E-state index contributed by atoms with van der Waals surface area (Å²) in [4.78, 5) is 0. The van der Waals surface area contributed by atoms with Crippen molar-refractivity contribution in [1.82, 2.24) is 0 Å². The standard InChI is InChI=1S/Ce.Li.2H2O.H/h;;2*1H2;. The Hall–Kier alpha value is 1.89. The van der Waals surface area contributed by atoms with E-state index in [1.165, 1.54) is 0 Å². The summed E-state index contributed by atoms with van der Waals surface area (Å²) in [5.41, 5.74) is 0. The molecule has 4 heavy (non-hydrogen) atoms. The Balaban J connectivity index is 0. The van der Waals surface area contributed by atoms with Gasteiger partial charge in [-0.15, -0.1) is 0 Å². The molecule has 0 aromatic rings. The second-order valence-electron chi connectivity index (χ2n) is 0. The van der Waals surface area contributed by atoms with Gasteiger partial charge in [0.1, 0.15) is 0 Å². The molecule has 0 bridgehead atoms. The zero-order valence-corrected chi connectivity index (χ0v) is 4.64. The monoisotopic (exact) mass is 184 g/mol. The molecule has 0 aliphatic rings. The summed E-state index contributed by atoms with van der Waals surface area (Å²) in [6, 6.07) is 0. The molecule has 0 radical (unpaired) electrons. The number of rotatable bonds is 0. The van der Waals surface area contributed by atoms with Gasteiger partial charge in [-0.1, -0.05) is 0 Å². The SMILES string of the molecule is O.O.[Ce].[LiH]. The van der Waals surface area contributed by atoms with E-state index in [1.54, 1.807) is 0 Å². The molecule has 0 aliphatic carbocycles. The Labute approximate surface area is 70.5 Å². The Morgan fingerprint density at radius 1 is 0.750 bits per heavy atom. The Kier molecular flexibility index (Phi) is 204. The van der Waals surface area contributed by atoms with Crippen molar-refractivity contribution in [3.8, 4) is 0 Å². The van der Waals surface area contributed by atoms with Gasteiger partial charge in [0.25, 0.3) is 0 Å². The van der Waals surface area contributed by atoms with Crippen LogP contribution in [0.4, 0.5) is 0 Å². The number of hydrogen-bond donors (Lipinski definition) is 0. The molecule has 0 aliphatic heterocycles. The Bertz CT molecular complexity index is 6.00. The number of hydrogen-bond acceptors (Lipinski definition) is 0. The van der Waals surface area contributed by atoms with Gasteiger partial charge in [0, 0.05) is 41.7 Å². The summed E-state index contributed by atoms with van der Waals surface area (Å²) in [7, 11) is 0. The van der Waals surface area contributed by atoms with E-state index >= 15 is 0 Å². The molecule has 4 heteroatoms. The molecule has 0 unspecified atom stereocenters. The van der Waals surface area contributed by atoms with Crippen LogP contribution < -0.4 is 0 Å². The summed E-state index contributed by atoms with van der Waals surface area (Å²) in [5.74, 6) is 0. The van der Waals surface area contributed by atoms with Crippen molar-refractivity contribution in [3.63, 3.8) is 0 Å². The molecule has 0 rings (SSSR count). The van der Waals surface area contributed by atoms with E-state index in [9.17, 15) is 0 Å². The summed E-state index contributed by atoms with van der Waals surface area (Å²) in [6.45, 7) is 0. The van der Waals surface area contributed by atoms with Crippen molar-refractivity contribution in [2.75, 3.05) is 0 Å². The van der Waals surface area contributed by atoms with Crippen molar-refractivity contribution in [1.29, 1.82) is 0 Å². The fraction of sp³-hybridized carbons (Fsp3) is 0. The van der Waals surface area contributed by atoms with Gasteiger partial charge < -0.3 is 11.0 Å². The predicted molar refractivity (Wildman–Crippen MR) is 14.4 cm³/mol. The zero-order chi connectivity index (χ0) is 0. The van der Waals surface area contributed by atoms with Crippen molar-refractivity contribution >= 4 is 18.9 Å². The molecule has 2 nitrogen and oxygen atoms in total. The van der Waals surface area contributed by atoms with Gasteiger partial charge in [-0.25, -0.2) is 0 Å². The van der Waals surface area contributed by atoms with E-state index in [1.807, 2.05) is 0 Å². The average molecular weight is 184 g/mol. The van der Waals surface area contributed by atoms with Crippen molar-refractivity contribution < 1.29 is 52.7 Å². The van der Waals surface area contributed by atoms with Crippen LogP contribution in [0.2, 0.25) is 0 Å². The zero-order valence-electron chi connectivity index (χ0n) is 1.50. The van der Waals surface area contributed by atoms with Gasteiger partial charge in [0.2, 0.25) is 0 Å². The first-order chi connectivity index (χ1) is 0. The van der Waals surface area contributed by atoms with Crippen LogP contribution in [0.3, 0.4) is 0 Å². The minimum atomic E-state index is 0. The molecule has 0 heterocycles. The Morgan fingerprint density at radius 2 is 0.750 bits per heavy atom. The van der Waals surface area contributed by atoms with Gasteiger partial charge in [-0.05, 0) is 0 Å². The molecule has 0 saturated carbocycles. The Morgan fingerprint density at radius 3 is 0.750 bits per heavy atom. The molecule has 0 aromatic carbocycles. The topological polar surface area (TPSA) is 63.0 Å². The van der Waals surface area contributed by atoms with Crippen LogP contribution in [-0.2, 0) is 0 Å². The van der Waals surface area contributed by atoms with E-state index in [4.69, 9.17) is 0 Å². The first-order valence-electron chi connectivity index (χ1n) is 0. The molecule has 0 fully saturated rings. The molecule has 22 valence electrons. The molecular weight excluding hydrogens is 179 g/mol. The fourth-order valence-electron chi connectivity index (χ4n) is 0. The molecular formula is H5CeLiO2. The van der Waals surface area contributed by atoms with Crippen molar-refractivity contribution in [3.05, 3.63) is 0 Å². The van der Waals surface area contributed by atoms with Gasteiger partial charge in [0.05, 0.1) is 0 Å². The third-order valence-electron chi connectivity index (χ3n) is 0. The first kappa shape index (κ1) is 39.4. The van der Waals surface area contributed by atoms with Crippen LogP contribution in [0.15, 0.2) is 0 Å². The summed E-state index contributed by atoms with van der Waals surface area (Å²) in [5, 5.41) is 0. The minimum absolute atomic E-state index is 0. The second-order valence-corrected chi connectivity index (χ2v) is 0. The molecule has 4 N–H and O–H groups in total. The van der Waals surface area contributed by atoms with E-state index in [0.29, 0.717) is 0 Å². The van der Waals surface area contributed by atoms with Crippen LogP contribution in [0.1, 0.15) is 0 Å². The first-order valence-corrected chi connectivity index (χ1v) is 0. The fourth-order valence-corrected chi connectivity index (χ4v) is 0. The maximum absolute atomic E-state index is 0. The molecule has 0 aromatic heterocycles. The second kappa shape index (κ2) is 20.7. The average Bonchev–Trinajstić information content (AvgIpc) is 0. The molecule has 0 atom stereocenters. The summed E-state index contributed by atoms with van der Waals surface area (Å²) < 4.78 is 0. The summed E-state index contributed by atoms with van der Waals surface area (Å²) >= 11 is 0. The predicted octanol–water partition coefficient (Wildman–Crippen LogP) is -2.30. The summed E-state index contributed by atoms with van der Waals surface area (Å²) in [6.07, 6.45) is 0.